The Bertz CT molecular complexity index is 1160. The first-order valence-corrected chi connectivity index (χ1v) is 10.4. The van der Waals surface area contributed by atoms with Crippen LogP contribution in [0.4, 0.5) is 5.69 Å². The third-order valence-corrected chi connectivity index (χ3v) is 5.26. The molecule has 2 heterocycles. The van der Waals surface area contributed by atoms with Crippen LogP contribution in [-0.4, -0.2) is 24.4 Å². The van der Waals surface area contributed by atoms with Crippen molar-refractivity contribution in [3.63, 3.8) is 0 Å². The van der Waals surface area contributed by atoms with Crippen LogP contribution in [0.2, 0.25) is 0 Å². The van der Waals surface area contributed by atoms with Crippen molar-refractivity contribution < 1.29 is 23.9 Å². The molecule has 0 saturated carbocycles. The molecule has 1 N–H and O–H groups in total. The fourth-order valence-corrected chi connectivity index (χ4v) is 3.59. The van der Waals surface area contributed by atoms with E-state index in [9.17, 15) is 14.4 Å². The normalized spacial score (nSPS) is 14.6. The Balaban J connectivity index is 1.60. The van der Waals surface area contributed by atoms with Crippen molar-refractivity contribution in [2.24, 2.45) is 0 Å². The van der Waals surface area contributed by atoms with E-state index < -0.39 is 17.8 Å². The number of hydrogen-bond acceptors (Lipinski definition) is 6. The molecule has 1 aliphatic heterocycles. The Morgan fingerprint density at radius 2 is 1.87 bits per heavy atom. The summed E-state index contributed by atoms with van der Waals surface area (Å²) in [6.07, 6.45) is 1.48. The summed E-state index contributed by atoms with van der Waals surface area (Å²) >= 11 is 1.28. The molecule has 3 aromatic rings. The maximum Gasteiger partial charge on any atom is 0.353 e. The predicted molar refractivity (Wildman–Crippen MR) is 117 cm³/mol. The zero-order valence-corrected chi connectivity index (χ0v) is 17.3. The minimum absolute atomic E-state index is 0.00497. The molecule has 2 amide bonds. The molecule has 2 aromatic carbocycles. The highest BCUT2D eigenvalue weighted by Crippen LogP contribution is 2.31. The lowest BCUT2D eigenvalue weighted by atomic mass is 10.1. The summed E-state index contributed by atoms with van der Waals surface area (Å²) < 4.78 is 11.1. The average Bonchev–Trinajstić information content (AvgIpc) is 3.41. The smallest absolute Gasteiger partial charge is 0.353 e. The molecule has 1 fully saturated rings. The average molecular weight is 434 g/mol. The van der Waals surface area contributed by atoms with E-state index in [1.54, 1.807) is 60.0 Å². The van der Waals surface area contributed by atoms with Crippen LogP contribution in [0.15, 0.2) is 71.6 Å². The highest BCUT2D eigenvalue weighted by molar-refractivity contribution is 7.12. The van der Waals surface area contributed by atoms with E-state index in [-0.39, 0.29) is 11.3 Å². The zero-order valence-electron chi connectivity index (χ0n) is 16.5. The van der Waals surface area contributed by atoms with E-state index in [4.69, 9.17) is 9.47 Å². The monoisotopic (exact) mass is 434 g/mol. The molecule has 0 bridgehead atoms. The molecular weight excluding hydrogens is 416 g/mol. The van der Waals surface area contributed by atoms with Gasteiger partial charge in [-0.2, -0.15) is 0 Å². The second-order valence-corrected chi connectivity index (χ2v) is 7.43. The fraction of sp³-hybridized carbons (Fsp3) is 0.0870. The molecule has 0 atom stereocenters. The minimum atomic E-state index is -0.500. The molecular formula is C23H18N2O5S. The van der Waals surface area contributed by atoms with Gasteiger partial charge in [-0.1, -0.05) is 30.3 Å². The standard InChI is InChI=1S/C23H18N2O5S/c1-2-29-19-14-15(10-11-18(19)30-23(28)20-9-6-12-31-20)13-17-21(26)24-25(22(17)27)16-7-4-3-5-8-16/h3-14H,2H2,1H3,(H,24,26)/b17-13+. The highest BCUT2D eigenvalue weighted by atomic mass is 32.1. The number of ether oxygens (including phenoxy) is 2. The van der Waals surface area contributed by atoms with Crippen LogP contribution < -0.4 is 19.9 Å². The van der Waals surface area contributed by atoms with Gasteiger partial charge in [0.25, 0.3) is 11.8 Å². The topological polar surface area (TPSA) is 84.9 Å². The molecule has 0 spiro atoms. The van der Waals surface area contributed by atoms with Crippen molar-refractivity contribution in [1.29, 1.82) is 0 Å². The van der Waals surface area contributed by atoms with E-state index in [2.05, 4.69) is 5.43 Å². The van der Waals surface area contributed by atoms with Crippen LogP contribution >= 0.6 is 11.3 Å². The number of carbonyl (C=O) groups is 3. The largest absolute Gasteiger partial charge is 0.490 e. The van der Waals surface area contributed by atoms with Gasteiger partial charge in [0.1, 0.15) is 10.5 Å². The SMILES string of the molecule is CCOc1cc(/C=C2\C(=O)NN(c3ccccc3)C2=O)ccc1OC(=O)c1cccs1. The molecule has 31 heavy (non-hydrogen) atoms. The number of nitrogens with zero attached hydrogens (tertiary/aromatic N) is 1. The maximum atomic E-state index is 12.8. The van der Waals surface area contributed by atoms with Crippen molar-refractivity contribution in [2.45, 2.75) is 6.92 Å². The van der Waals surface area contributed by atoms with E-state index in [1.165, 1.54) is 22.4 Å². The summed E-state index contributed by atoms with van der Waals surface area (Å²) in [4.78, 5) is 37.9. The zero-order chi connectivity index (χ0) is 21.8. The first kappa shape index (κ1) is 20.4. The van der Waals surface area contributed by atoms with Gasteiger partial charge >= 0.3 is 5.97 Å². The molecule has 1 aliphatic rings. The van der Waals surface area contributed by atoms with Crippen LogP contribution in [0.5, 0.6) is 11.5 Å². The maximum absolute atomic E-state index is 12.8. The number of benzene rings is 2. The summed E-state index contributed by atoms with van der Waals surface area (Å²) in [6, 6.07) is 17.1. The quantitative estimate of drug-likeness (QED) is 0.276. The number of carbonyl (C=O) groups excluding carboxylic acids is 3. The van der Waals surface area contributed by atoms with E-state index in [1.807, 2.05) is 13.0 Å². The lowest BCUT2D eigenvalue weighted by Crippen LogP contribution is -2.35. The van der Waals surface area contributed by atoms with E-state index in [0.717, 1.165) is 0 Å². The van der Waals surface area contributed by atoms with Gasteiger partial charge in [-0.05, 0) is 54.3 Å². The van der Waals surface area contributed by atoms with Crippen LogP contribution in [-0.2, 0) is 9.59 Å². The molecule has 156 valence electrons. The third kappa shape index (κ3) is 4.34. The number of esters is 1. The number of anilines is 1. The number of nitrogens with one attached hydrogen (secondary N) is 1. The van der Waals surface area contributed by atoms with Gasteiger partial charge in [-0.3, -0.25) is 15.0 Å². The van der Waals surface area contributed by atoms with E-state index in [0.29, 0.717) is 28.5 Å². The lowest BCUT2D eigenvalue weighted by molar-refractivity contribution is -0.117. The number of thiophene rings is 1. The fourth-order valence-electron chi connectivity index (χ4n) is 2.99. The van der Waals surface area contributed by atoms with Crippen LogP contribution in [0, 0.1) is 0 Å². The predicted octanol–water partition coefficient (Wildman–Crippen LogP) is 3.83. The molecule has 7 nitrogen and oxygen atoms in total. The van der Waals surface area contributed by atoms with Crippen molar-refractivity contribution in [1.82, 2.24) is 5.43 Å². The van der Waals surface area contributed by atoms with Crippen LogP contribution in [0.3, 0.4) is 0 Å². The second-order valence-electron chi connectivity index (χ2n) is 6.48. The van der Waals surface area contributed by atoms with Crippen LogP contribution in [0.25, 0.3) is 6.08 Å². The van der Waals surface area contributed by atoms with Gasteiger partial charge in [0.2, 0.25) is 0 Å². The summed E-state index contributed by atoms with van der Waals surface area (Å²) in [5.41, 5.74) is 3.68. The summed E-state index contributed by atoms with van der Waals surface area (Å²) in [5, 5.41) is 2.99. The van der Waals surface area contributed by atoms with E-state index >= 15 is 0 Å². The minimum Gasteiger partial charge on any atom is -0.490 e. The Morgan fingerprint density at radius 3 is 2.58 bits per heavy atom. The summed E-state index contributed by atoms with van der Waals surface area (Å²) in [5.74, 6) is -0.837. The number of amides is 2. The lowest BCUT2D eigenvalue weighted by Gasteiger charge is -2.14. The molecule has 0 aliphatic carbocycles. The van der Waals surface area contributed by atoms with Crippen molar-refractivity contribution in [2.75, 3.05) is 11.6 Å². The first-order chi connectivity index (χ1) is 15.1. The van der Waals surface area contributed by atoms with Gasteiger partial charge in [-0.15, -0.1) is 11.3 Å². The van der Waals surface area contributed by atoms with Gasteiger partial charge < -0.3 is 9.47 Å². The third-order valence-electron chi connectivity index (χ3n) is 4.41. The molecule has 0 radical (unpaired) electrons. The molecule has 0 unspecified atom stereocenters. The number of hydrazine groups is 1. The molecule has 8 heteroatoms. The Morgan fingerprint density at radius 1 is 1.06 bits per heavy atom. The highest BCUT2D eigenvalue weighted by Gasteiger charge is 2.34. The van der Waals surface area contributed by atoms with Gasteiger partial charge in [0.15, 0.2) is 11.5 Å². The van der Waals surface area contributed by atoms with Crippen molar-refractivity contribution in [3.8, 4) is 11.5 Å². The number of hydrogen-bond donors (Lipinski definition) is 1. The van der Waals surface area contributed by atoms with Crippen molar-refractivity contribution >= 4 is 40.9 Å². The summed E-state index contributed by atoms with van der Waals surface area (Å²) in [7, 11) is 0. The second kappa shape index (κ2) is 8.85. The number of rotatable bonds is 6. The molecule has 1 saturated heterocycles. The Kier molecular flexibility index (Phi) is 5.81. The van der Waals surface area contributed by atoms with Crippen molar-refractivity contribution in [3.05, 3.63) is 82.1 Å². The Labute approximate surface area is 182 Å². The Hall–Kier alpha value is -3.91. The summed E-state index contributed by atoms with van der Waals surface area (Å²) in [6.45, 7) is 2.16. The van der Waals surface area contributed by atoms with Crippen LogP contribution in [0.1, 0.15) is 22.2 Å². The number of para-hydroxylation sites is 1. The molecule has 4 rings (SSSR count). The van der Waals surface area contributed by atoms with Gasteiger partial charge in [0, 0.05) is 0 Å². The van der Waals surface area contributed by atoms with Gasteiger partial charge in [-0.25, -0.2) is 9.80 Å². The van der Waals surface area contributed by atoms with Gasteiger partial charge in [0.05, 0.1) is 12.3 Å². The molecule has 1 aromatic heterocycles. The first-order valence-electron chi connectivity index (χ1n) is 9.51.